The van der Waals surface area contributed by atoms with E-state index in [0.717, 1.165) is 51.1 Å². The van der Waals surface area contributed by atoms with Crippen molar-refractivity contribution in [1.82, 2.24) is 9.80 Å². The van der Waals surface area contributed by atoms with Crippen LogP contribution in [0.25, 0.3) is 0 Å². The molecule has 1 aliphatic heterocycles. The molecule has 1 aromatic carbocycles. The molecule has 184 valence electrons. The first-order valence-electron chi connectivity index (χ1n) is 13.3. The topological polar surface area (TPSA) is 49.9 Å². The molecule has 3 rings (SSSR count). The van der Waals surface area contributed by atoms with Crippen molar-refractivity contribution in [3.05, 3.63) is 29.8 Å². The Balaban J connectivity index is 1.78. The number of hydrogen-bond acceptors (Lipinski definition) is 3. The van der Waals surface area contributed by atoms with Crippen molar-refractivity contribution in [2.75, 3.05) is 26.2 Å². The van der Waals surface area contributed by atoms with Crippen LogP contribution >= 0.6 is 0 Å². The molecule has 1 heterocycles. The lowest BCUT2D eigenvalue weighted by Gasteiger charge is -2.35. The third-order valence-corrected chi connectivity index (χ3v) is 7.50. The zero-order valence-electron chi connectivity index (χ0n) is 21.1. The van der Waals surface area contributed by atoms with E-state index >= 15 is 0 Å². The average molecular weight is 457 g/mol. The normalized spacial score (nSPS) is 21.6. The molecule has 33 heavy (non-hydrogen) atoms. The highest BCUT2D eigenvalue weighted by Gasteiger charge is 2.29. The minimum atomic E-state index is 0.00875. The average Bonchev–Trinajstić information content (AvgIpc) is 3.34. The lowest BCUT2D eigenvalue weighted by Crippen LogP contribution is -2.47. The van der Waals surface area contributed by atoms with E-state index < -0.39 is 0 Å². The number of amides is 2. The van der Waals surface area contributed by atoms with Crippen LogP contribution in [0.1, 0.15) is 95.3 Å². The molecule has 0 saturated heterocycles. The maximum atomic E-state index is 13.4. The smallest absolute Gasteiger partial charge is 0.257 e. The minimum absolute atomic E-state index is 0.00875. The Hall–Kier alpha value is -2.04. The number of hydrogen-bond donors (Lipinski definition) is 0. The van der Waals surface area contributed by atoms with Crippen LogP contribution in [0.5, 0.6) is 5.75 Å². The summed E-state index contributed by atoms with van der Waals surface area (Å²) in [5.74, 6) is 1.95. The molecule has 0 bridgehead atoms. The zero-order valence-corrected chi connectivity index (χ0v) is 21.1. The third kappa shape index (κ3) is 7.22. The van der Waals surface area contributed by atoms with E-state index in [1.165, 1.54) is 25.7 Å². The second-order valence-electron chi connectivity index (χ2n) is 10.2. The molecule has 2 aliphatic rings. The van der Waals surface area contributed by atoms with Gasteiger partial charge in [-0.3, -0.25) is 9.59 Å². The van der Waals surface area contributed by atoms with Gasteiger partial charge < -0.3 is 14.5 Å². The Bertz CT molecular complexity index is 757. The predicted octanol–water partition coefficient (Wildman–Crippen LogP) is 5.93. The molecule has 0 aromatic heterocycles. The van der Waals surface area contributed by atoms with Gasteiger partial charge in [0.05, 0.1) is 11.6 Å². The summed E-state index contributed by atoms with van der Waals surface area (Å²) >= 11 is 0. The highest BCUT2D eigenvalue weighted by atomic mass is 16.5. The molecule has 0 radical (unpaired) electrons. The Labute approximate surface area is 200 Å². The van der Waals surface area contributed by atoms with Gasteiger partial charge in [-0.1, -0.05) is 64.5 Å². The molecule has 1 aromatic rings. The van der Waals surface area contributed by atoms with Crippen LogP contribution in [0.3, 0.4) is 0 Å². The summed E-state index contributed by atoms with van der Waals surface area (Å²) in [4.78, 5) is 30.6. The van der Waals surface area contributed by atoms with Gasteiger partial charge in [-0.15, -0.1) is 0 Å². The minimum Gasteiger partial charge on any atom is -0.491 e. The monoisotopic (exact) mass is 456 g/mol. The molecule has 2 amide bonds. The number of carbonyl (C=O) groups excluding carboxylic acids is 2. The fourth-order valence-electron chi connectivity index (χ4n) is 5.34. The van der Waals surface area contributed by atoms with Crippen LogP contribution in [0, 0.1) is 11.8 Å². The number of nitrogens with zero attached hydrogens (tertiary/aromatic N) is 2. The Morgan fingerprint density at radius 2 is 1.73 bits per heavy atom. The van der Waals surface area contributed by atoms with Crippen LogP contribution in [0.2, 0.25) is 0 Å². The van der Waals surface area contributed by atoms with Gasteiger partial charge in [0.1, 0.15) is 12.4 Å². The SMILES string of the molecule is CCN1CCCCCCN(C(=O)CCC2CCCC2)[C@@H](C(C)C)COc2ccccc2C1=O. The molecule has 1 aliphatic carbocycles. The van der Waals surface area contributed by atoms with Crippen LogP contribution in [-0.2, 0) is 4.79 Å². The number of rotatable bonds is 5. The van der Waals surface area contributed by atoms with Gasteiger partial charge in [0, 0.05) is 26.1 Å². The molecular weight excluding hydrogens is 412 g/mol. The van der Waals surface area contributed by atoms with E-state index in [1.54, 1.807) is 0 Å². The highest BCUT2D eigenvalue weighted by Crippen LogP contribution is 2.29. The van der Waals surface area contributed by atoms with Gasteiger partial charge in [0.2, 0.25) is 5.91 Å². The summed E-state index contributed by atoms with van der Waals surface area (Å²) in [6.45, 7) is 9.06. The van der Waals surface area contributed by atoms with Crippen LogP contribution < -0.4 is 4.74 Å². The maximum absolute atomic E-state index is 13.4. The summed E-state index contributed by atoms with van der Waals surface area (Å²) in [6, 6.07) is 7.57. The molecule has 0 spiro atoms. The van der Waals surface area contributed by atoms with Gasteiger partial charge in [0.25, 0.3) is 5.91 Å². The number of benzene rings is 1. The Kier molecular flexibility index (Phi) is 10.1. The number of fused-ring (bicyclic) bond motifs is 1. The molecule has 0 N–H and O–H groups in total. The van der Waals surface area contributed by atoms with Gasteiger partial charge >= 0.3 is 0 Å². The fourth-order valence-corrected chi connectivity index (χ4v) is 5.34. The standard InChI is InChI=1S/C28H44N2O3/c1-4-29-19-11-5-6-12-20-30(27(31)18-17-23-13-7-8-14-23)25(22(2)3)21-33-26-16-10-9-15-24(26)28(29)32/h9-10,15-16,22-23,25H,4-8,11-14,17-21H2,1-3H3/t25-/m1/s1. The predicted molar refractivity (Wildman–Crippen MR) is 134 cm³/mol. The molecule has 1 saturated carbocycles. The van der Waals surface area contributed by atoms with Gasteiger partial charge in [0.15, 0.2) is 0 Å². The van der Waals surface area contributed by atoms with Crippen molar-refractivity contribution in [3.8, 4) is 5.75 Å². The van der Waals surface area contributed by atoms with Gasteiger partial charge in [-0.2, -0.15) is 0 Å². The molecule has 5 nitrogen and oxygen atoms in total. The van der Waals surface area contributed by atoms with E-state index in [0.29, 0.717) is 30.9 Å². The van der Waals surface area contributed by atoms with Crippen molar-refractivity contribution in [2.24, 2.45) is 11.8 Å². The summed E-state index contributed by atoms with van der Waals surface area (Å²) in [5.41, 5.74) is 0.623. The van der Waals surface area contributed by atoms with E-state index in [9.17, 15) is 9.59 Å². The van der Waals surface area contributed by atoms with Crippen molar-refractivity contribution >= 4 is 11.8 Å². The second kappa shape index (κ2) is 13.0. The molecular formula is C28H44N2O3. The maximum Gasteiger partial charge on any atom is 0.257 e. The first-order chi connectivity index (χ1) is 16.0. The summed E-state index contributed by atoms with van der Waals surface area (Å²) < 4.78 is 6.29. The van der Waals surface area contributed by atoms with Crippen molar-refractivity contribution < 1.29 is 14.3 Å². The summed E-state index contributed by atoms with van der Waals surface area (Å²) in [5, 5.41) is 0. The van der Waals surface area contributed by atoms with Crippen LogP contribution in [0.4, 0.5) is 0 Å². The van der Waals surface area contributed by atoms with Gasteiger partial charge in [-0.05, 0) is 50.2 Å². The Morgan fingerprint density at radius 1 is 1.03 bits per heavy atom. The largest absolute Gasteiger partial charge is 0.491 e. The zero-order chi connectivity index (χ0) is 23.6. The fraction of sp³-hybridized carbons (Fsp3) is 0.714. The summed E-state index contributed by atoms with van der Waals surface area (Å²) in [6.07, 6.45) is 11.0. The lowest BCUT2D eigenvalue weighted by atomic mass is 9.98. The van der Waals surface area contributed by atoms with Crippen molar-refractivity contribution in [3.63, 3.8) is 0 Å². The quantitative estimate of drug-likeness (QED) is 0.552. The van der Waals surface area contributed by atoms with Crippen LogP contribution in [-0.4, -0.2) is 53.9 Å². The first kappa shape index (κ1) is 25.6. The second-order valence-corrected chi connectivity index (χ2v) is 10.2. The van der Waals surface area contributed by atoms with Crippen LogP contribution in [0.15, 0.2) is 24.3 Å². The highest BCUT2D eigenvalue weighted by molar-refractivity contribution is 5.96. The number of ether oxygens (including phenoxy) is 1. The van der Waals surface area contributed by atoms with E-state index in [4.69, 9.17) is 4.74 Å². The van der Waals surface area contributed by atoms with E-state index in [1.807, 2.05) is 36.1 Å². The third-order valence-electron chi connectivity index (χ3n) is 7.50. The first-order valence-corrected chi connectivity index (χ1v) is 13.3. The van der Waals surface area contributed by atoms with Crippen molar-refractivity contribution in [2.45, 2.75) is 91.0 Å². The number of para-hydroxylation sites is 1. The Morgan fingerprint density at radius 3 is 2.42 bits per heavy atom. The molecule has 0 unspecified atom stereocenters. The molecule has 1 atom stereocenters. The number of carbonyl (C=O) groups is 2. The lowest BCUT2D eigenvalue weighted by molar-refractivity contribution is -0.135. The van der Waals surface area contributed by atoms with Crippen molar-refractivity contribution in [1.29, 1.82) is 0 Å². The van der Waals surface area contributed by atoms with E-state index in [-0.39, 0.29) is 23.8 Å². The molecule has 1 fully saturated rings. The molecule has 5 heteroatoms. The van der Waals surface area contributed by atoms with E-state index in [2.05, 4.69) is 18.7 Å². The van der Waals surface area contributed by atoms with Gasteiger partial charge in [-0.25, -0.2) is 0 Å². The summed E-state index contributed by atoms with van der Waals surface area (Å²) in [7, 11) is 0.